The normalized spacial score (nSPS) is 10.3. The van der Waals surface area contributed by atoms with Gasteiger partial charge in [0.15, 0.2) is 0 Å². The standard InChI is InChI=1S/C20H19N5O4/c1-12-4-7-16(10-13(12)2)24-19-17(25(27)28)18(21-11-22-19)23-15-8-5-14(6-9-15)20(26)29-3/h4-11H,1-3H3,(H2,21,22,23,24). The molecule has 1 aromatic heterocycles. The van der Waals surface area contributed by atoms with Crippen LogP contribution in [0.3, 0.4) is 0 Å². The van der Waals surface area contributed by atoms with E-state index in [1.54, 1.807) is 24.3 Å². The molecule has 2 N–H and O–H groups in total. The van der Waals surface area contributed by atoms with Crippen molar-refractivity contribution < 1.29 is 14.5 Å². The van der Waals surface area contributed by atoms with Gasteiger partial charge in [0.25, 0.3) is 0 Å². The molecule has 9 heteroatoms. The molecule has 0 aliphatic heterocycles. The summed E-state index contributed by atoms with van der Waals surface area (Å²) in [6.07, 6.45) is 1.24. The van der Waals surface area contributed by atoms with E-state index in [4.69, 9.17) is 0 Å². The monoisotopic (exact) mass is 393 g/mol. The van der Waals surface area contributed by atoms with E-state index in [2.05, 4.69) is 25.3 Å². The van der Waals surface area contributed by atoms with Gasteiger partial charge in [0.05, 0.1) is 17.6 Å². The quantitative estimate of drug-likeness (QED) is 0.362. The number of aromatic nitrogens is 2. The van der Waals surface area contributed by atoms with Crippen molar-refractivity contribution in [3.05, 3.63) is 75.6 Å². The molecule has 3 rings (SSSR count). The van der Waals surface area contributed by atoms with E-state index in [9.17, 15) is 14.9 Å². The average molecular weight is 393 g/mol. The Bertz CT molecular complexity index is 1070. The zero-order valence-electron chi connectivity index (χ0n) is 16.1. The number of carbonyl (C=O) groups is 1. The lowest BCUT2D eigenvalue weighted by Crippen LogP contribution is -2.06. The second-order valence-electron chi connectivity index (χ2n) is 6.29. The number of esters is 1. The van der Waals surface area contributed by atoms with Crippen LogP contribution in [-0.4, -0.2) is 28.0 Å². The molecule has 1 heterocycles. The Kier molecular flexibility index (Phi) is 5.68. The highest BCUT2D eigenvalue weighted by Crippen LogP contribution is 2.33. The third-order valence-electron chi connectivity index (χ3n) is 4.34. The number of nitrogens with zero attached hydrogens (tertiary/aromatic N) is 3. The lowest BCUT2D eigenvalue weighted by atomic mass is 10.1. The van der Waals surface area contributed by atoms with Crippen LogP contribution >= 0.6 is 0 Å². The Hall–Kier alpha value is -4.01. The minimum atomic E-state index is -0.547. The number of hydrogen-bond acceptors (Lipinski definition) is 8. The minimum Gasteiger partial charge on any atom is -0.465 e. The van der Waals surface area contributed by atoms with Crippen molar-refractivity contribution in [1.82, 2.24) is 9.97 Å². The number of nitro groups is 1. The van der Waals surface area contributed by atoms with Crippen molar-refractivity contribution in [3.8, 4) is 0 Å². The van der Waals surface area contributed by atoms with Gasteiger partial charge in [-0.3, -0.25) is 10.1 Å². The number of ether oxygens (including phenoxy) is 1. The van der Waals surface area contributed by atoms with Crippen LogP contribution in [0.1, 0.15) is 21.5 Å². The first-order valence-corrected chi connectivity index (χ1v) is 8.68. The molecule has 0 bridgehead atoms. The number of benzene rings is 2. The summed E-state index contributed by atoms with van der Waals surface area (Å²) < 4.78 is 4.66. The number of anilines is 4. The Labute approximate surface area is 166 Å². The molecule has 148 valence electrons. The number of aryl methyl sites for hydroxylation is 2. The van der Waals surface area contributed by atoms with Gasteiger partial charge in [0.2, 0.25) is 11.6 Å². The summed E-state index contributed by atoms with van der Waals surface area (Å²) in [5.74, 6) is -0.367. The Balaban J connectivity index is 1.91. The zero-order valence-corrected chi connectivity index (χ0v) is 16.1. The molecule has 3 aromatic rings. The highest BCUT2D eigenvalue weighted by molar-refractivity contribution is 5.90. The number of methoxy groups -OCH3 is 1. The highest BCUT2D eigenvalue weighted by atomic mass is 16.6. The van der Waals surface area contributed by atoms with Gasteiger partial charge in [-0.15, -0.1) is 0 Å². The van der Waals surface area contributed by atoms with Crippen molar-refractivity contribution in [2.75, 3.05) is 17.7 Å². The van der Waals surface area contributed by atoms with Crippen LogP contribution in [-0.2, 0) is 4.74 Å². The van der Waals surface area contributed by atoms with Crippen LogP contribution < -0.4 is 10.6 Å². The molecule has 0 amide bonds. The fraction of sp³-hybridized carbons (Fsp3) is 0.150. The maximum atomic E-state index is 11.7. The fourth-order valence-corrected chi connectivity index (χ4v) is 2.63. The van der Waals surface area contributed by atoms with E-state index in [1.807, 2.05) is 32.0 Å². The smallest absolute Gasteiger partial charge is 0.353 e. The first-order chi connectivity index (χ1) is 13.9. The molecule has 0 atom stereocenters. The highest BCUT2D eigenvalue weighted by Gasteiger charge is 2.23. The third-order valence-corrected chi connectivity index (χ3v) is 4.34. The van der Waals surface area contributed by atoms with Crippen molar-refractivity contribution in [1.29, 1.82) is 0 Å². The van der Waals surface area contributed by atoms with E-state index in [0.29, 0.717) is 16.9 Å². The van der Waals surface area contributed by atoms with Gasteiger partial charge in [-0.05, 0) is 61.4 Å². The van der Waals surface area contributed by atoms with Crippen molar-refractivity contribution in [3.63, 3.8) is 0 Å². The second kappa shape index (κ2) is 8.34. The van der Waals surface area contributed by atoms with E-state index >= 15 is 0 Å². The molecule has 2 aromatic carbocycles. The van der Waals surface area contributed by atoms with Crippen molar-refractivity contribution in [2.24, 2.45) is 0 Å². The van der Waals surface area contributed by atoms with Crippen LogP contribution in [0.15, 0.2) is 48.8 Å². The molecule has 0 saturated carbocycles. The van der Waals surface area contributed by atoms with Crippen molar-refractivity contribution >= 4 is 34.7 Å². The second-order valence-corrected chi connectivity index (χ2v) is 6.29. The Morgan fingerprint density at radius 1 is 0.966 bits per heavy atom. The molecule has 0 spiro atoms. The Morgan fingerprint density at radius 3 is 2.10 bits per heavy atom. The van der Waals surface area contributed by atoms with Crippen LogP contribution in [0.4, 0.5) is 28.7 Å². The number of hydrogen-bond donors (Lipinski definition) is 2. The summed E-state index contributed by atoms with van der Waals surface area (Å²) >= 11 is 0. The predicted molar refractivity (Wildman–Crippen MR) is 109 cm³/mol. The zero-order chi connectivity index (χ0) is 21.0. The first kappa shape index (κ1) is 19.7. The SMILES string of the molecule is COC(=O)c1ccc(Nc2ncnc(Nc3ccc(C)c(C)c3)c2[N+](=O)[O-])cc1. The molecule has 9 nitrogen and oxygen atoms in total. The summed E-state index contributed by atoms with van der Waals surface area (Å²) in [5.41, 5.74) is 3.45. The summed E-state index contributed by atoms with van der Waals surface area (Å²) in [6.45, 7) is 3.94. The number of rotatable bonds is 6. The van der Waals surface area contributed by atoms with Crippen molar-refractivity contribution in [2.45, 2.75) is 13.8 Å². The number of nitrogens with one attached hydrogen (secondary N) is 2. The van der Waals surface area contributed by atoms with E-state index in [0.717, 1.165) is 11.1 Å². The lowest BCUT2D eigenvalue weighted by Gasteiger charge is -2.11. The van der Waals surface area contributed by atoms with Gasteiger partial charge < -0.3 is 15.4 Å². The maximum Gasteiger partial charge on any atom is 0.353 e. The van der Waals surface area contributed by atoms with Gasteiger partial charge in [-0.2, -0.15) is 0 Å². The molecule has 0 saturated heterocycles. The van der Waals surface area contributed by atoms with E-state index in [-0.39, 0.29) is 17.3 Å². The number of carbonyl (C=O) groups excluding carboxylic acids is 1. The molecular weight excluding hydrogens is 374 g/mol. The van der Waals surface area contributed by atoms with Crippen LogP contribution in [0.25, 0.3) is 0 Å². The van der Waals surface area contributed by atoms with Gasteiger partial charge in [0.1, 0.15) is 6.33 Å². The molecule has 0 unspecified atom stereocenters. The molecule has 0 aliphatic rings. The van der Waals surface area contributed by atoms with Gasteiger partial charge in [-0.25, -0.2) is 14.8 Å². The summed E-state index contributed by atoms with van der Waals surface area (Å²) in [5, 5.41) is 17.6. The lowest BCUT2D eigenvalue weighted by molar-refractivity contribution is -0.383. The van der Waals surface area contributed by atoms with Crippen LogP contribution in [0.2, 0.25) is 0 Å². The predicted octanol–water partition coefficient (Wildman–Crippen LogP) is 4.28. The topological polar surface area (TPSA) is 119 Å². The maximum absolute atomic E-state index is 11.7. The summed E-state index contributed by atoms with van der Waals surface area (Å²) in [6, 6.07) is 12.0. The summed E-state index contributed by atoms with van der Waals surface area (Å²) in [7, 11) is 1.29. The van der Waals surface area contributed by atoms with E-state index < -0.39 is 10.9 Å². The molecule has 29 heavy (non-hydrogen) atoms. The average Bonchev–Trinajstić information content (AvgIpc) is 2.70. The van der Waals surface area contributed by atoms with Gasteiger partial charge in [0, 0.05) is 11.4 Å². The largest absolute Gasteiger partial charge is 0.465 e. The third kappa shape index (κ3) is 4.46. The van der Waals surface area contributed by atoms with Crippen LogP contribution in [0, 0.1) is 24.0 Å². The molecular formula is C20H19N5O4. The molecule has 0 fully saturated rings. The summed E-state index contributed by atoms with van der Waals surface area (Å²) in [4.78, 5) is 30.7. The fourth-order valence-electron chi connectivity index (χ4n) is 2.63. The van der Waals surface area contributed by atoms with Gasteiger partial charge >= 0.3 is 11.7 Å². The van der Waals surface area contributed by atoms with E-state index in [1.165, 1.54) is 13.4 Å². The molecule has 0 radical (unpaired) electrons. The Morgan fingerprint density at radius 2 is 1.55 bits per heavy atom. The minimum absolute atomic E-state index is 0.0298. The van der Waals surface area contributed by atoms with Crippen LogP contribution in [0.5, 0.6) is 0 Å². The molecule has 0 aliphatic carbocycles. The van der Waals surface area contributed by atoms with Gasteiger partial charge in [-0.1, -0.05) is 6.07 Å². The first-order valence-electron chi connectivity index (χ1n) is 8.68.